The zero-order chi connectivity index (χ0) is 18.4. The van der Waals surface area contributed by atoms with Crippen molar-refractivity contribution in [2.24, 2.45) is 0 Å². The fraction of sp³-hybridized carbons (Fsp3) is 0.263. The molecule has 0 aliphatic carbocycles. The summed E-state index contributed by atoms with van der Waals surface area (Å²) in [7, 11) is 1.60. The van der Waals surface area contributed by atoms with E-state index >= 15 is 0 Å². The second kappa shape index (κ2) is 8.64. The van der Waals surface area contributed by atoms with Gasteiger partial charge in [-0.3, -0.25) is 9.69 Å². The zero-order valence-electron chi connectivity index (χ0n) is 14.8. The van der Waals surface area contributed by atoms with Gasteiger partial charge in [0.1, 0.15) is 12.0 Å². The third-order valence-corrected chi connectivity index (χ3v) is 4.70. The predicted octanol–water partition coefficient (Wildman–Crippen LogP) is 3.87. The SMILES string of the molecule is CCN(CC(=O)Nc1cccc(OC)c1)Cc1coc(-c2cccs2)n1. The third kappa shape index (κ3) is 4.71. The minimum atomic E-state index is -0.0814. The standard InChI is InChI=1S/C19H21N3O3S/c1-3-22(11-15-13-25-19(21-15)17-8-5-9-26-17)12-18(23)20-14-6-4-7-16(10-14)24-2/h4-10,13H,3,11-12H2,1-2H3,(H,20,23). The van der Waals surface area contributed by atoms with Gasteiger partial charge in [-0.2, -0.15) is 0 Å². The number of thiophene rings is 1. The summed E-state index contributed by atoms with van der Waals surface area (Å²) in [5, 5.41) is 4.88. The van der Waals surface area contributed by atoms with Crippen LogP contribution in [0.1, 0.15) is 12.6 Å². The van der Waals surface area contributed by atoms with E-state index < -0.39 is 0 Å². The quantitative estimate of drug-likeness (QED) is 0.651. The first-order valence-electron chi connectivity index (χ1n) is 8.32. The van der Waals surface area contributed by atoms with E-state index in [-0.39, 0.29) is 12.5 Å². The molecule has 1 aromatic carbocycles. The molecule has 0 atom stereocenters. The Bertz CT molecular complexity index is 845. The molecule has 1 N–H and O–H groups in total. The summed E-state index contributed by atoms with van der Waals surface area (Å²) in [5.41, 5.74) is 1.52. The number of hydrogen-bond acceptors (Lipinski definition) is 6. The van der Waals surface area contributed by atoms with Gasteiger partial charge in [0, 0.05) is 18.3 Å². The Morgan fingerprint density at radius 1 is 1.35 bits per heavy atom. The van der Waals surface area contributed by atoms with Gasteiger partial charge in [0.15, 0.2) is 0 Å². The number of benzene rings is 1. The summed E-state index contributed by atoms with van der Waals surface area (Å²) in [6.45, 7) is 3.57. The van der Waals surface area contributed by atoms with E-state index in [4.69, 9.17) is 9.15 Å². The maximum Gasteiger partial charge on any atom is 0.238 e. The summed E-state index contributed by atoms with van der Waals surface area (Å²) < 4.78 is 10.7. The summed E-state index contributed by atoms with van der Waals surface area (Å²) in [6.07, 6.45) is 1.65. The summed E-state index contributed by atoms with van der Waals surface area (Å²) in [4.78, 5) is 19.8. The molecule has 2 aromatic heterocycles. The molecule has 26 heavy (non-hydrogen) atoms. The summed E-state index contributed by atoms with van der Waals surface area (Å²) in [6, 6.07) is 11.2. The van der Waals surface area contributed by atoms with Crippen LogP contribution >= 0.6 is 11.3 Å². The van der Waals surface area contributed by atoms with Crippen LogP contribution in [0.3, 0.4) is 0 Å². The number of methoxy groups -OCH3 is 1. The molecule has 0 bridgehead atoms. The Morgan fingerprint density at radius 2 is 2.23 bits per heavy atom. The molecule has 136 valence electrons. The average molecular weight is 371 g/mol. The average Bonchev–Trinajstić information content (AvgIpc) is 3.32. The number of carbonyl (C=O) groups is 1. The smallest absolute Gasteiger partial charge is 0.238 e. The molecule has 0 radical (unpaired) electrons. The van der Waals surface area contributed by atoms with E-state index in [1.54, 1.807) is 30.8 Å². The number of likely N-dealkylation sites (N-methyl/N-ethyl adjacent to an activating group) is 1. The van der Waals surface area contributed by atoms with Crippen molar-refractivity contribution in [3.63, 3.8) is 0 Å². The highest BCUT2D eigenvalue weighted by molar-refractivity contribution is 7.13. The van der Waals surface area contributed by atoms with Gasteiger partial charge in [-0.25, -0.2) is 4.98 Å². The minimum absolute atomic E-state index is 0.0814. The number of ether oxygens (including phenoxy) is 1. The van der Waals surface area contributed by atoms with Crippen LogP contribution in [0.2, 0.25) is 0 Å². The van der Waals surface area contributed by atoms with E-state index in [1.807, 2.05) is 47.5 Å². The van der Waals surface area contributed by atoms with Crippen LogP contribution in [0.15, 0.2) is 52.5 Å². The lowest BCUT2D eigenvalue weighted by atomic mass is 10.3. The Kier molecular flexibility index (Phi) is 6.04. The monoisotopic (exact) mass is 371 g/mol. The van der Waals surface area contributed by atoms with E-state index in [0.717, 1.165) is 17.1 Å². The Hall–Kier alpha value is -2.64. The van der Waals surface area contributed by atoms with Gasteiger partial charge in [0.2, 0.25) is 11.8 Å². The van der Waals surface area contributed by atoms with Crippen molar-refractivity contribution in [2.75, 3.05) is 25.5 Å². The molecule has 0 saturated heterocycles. The first-order chi connectivity index (χ1) is 12.7. The molecule has 0 aliphatic rings. The van der Waals surface area contributed by atoms with Crippen molar-refractivity contribution in [1.29, 1.82) is 0 Å². The molecular formula is C19H21N3O3S. The van der Waals surface area contributed by atoms with Crippen molar-refractivity contribution in [3.8, 4) is 16.5 Å². The molecule has 6 nitrogen and oxygen atoms in total. The number of hydrogen-bond donors (Lipinski definition) is 1. The van der Waals surface area contributed by atoms with Gasteiger partial charge in [0.25, 0.3) is 0 Å². The number of carbonyl (C=O) groups excluding carboxylic acids is 1. The van der Waals surface area contributed by atoms with Gasteiger partial charge >= 0.3 is 0 Å². The first kappa shape index (κ1) is 18.2. The van der Waals surface area contributed by atoms with Crippen molar-refractivity contribution in [2.45, 2.75) is 13.5 Å². The number of aromatic nitrogens is 1. The van der Waals surface area contributed by atoms with Crippen molar-refractivity contribution >= 4 is 22.9 Å². The molecule has 2 heterocycles. The molecule has 0 aliphatic heterocycles. The topological polar surface area (TPSA) is 67.6 Å². The summed E-state index contributed by atoms with van der Waals surface area (Å²) in [5.74, 6) is 1.24. The van der Waals surface area contributed by atoms with Gasteiger partial charge in [-0.1, -0.05) is 19.1 Å². The highest BCUT2D eigenvalue weighted by Gasteiger charge is 2.14. The number of nitrogens with one attached hydrogen (secondary N) is 1. The normalized spacial score (nSPS) is 10.9. The molecule has 0 fully saturated rings. The Labute approximate surface area is 156 Å². The Balaban J connectivity index is 1.57. The van der Waals surface area contributed by atoms with Gasteiger partial charge in [0.05, 0.1) is 24.2 Å². The lowest BCUT2D eigenvalue weighted by molar-refractivity contribution is -0.117. The maximum absolute atomic E-state index is 12.3. The second-order valence-electron chi connectivity index (χ2n) is 5.70. The van der Waals surface area contributed by atoms with Gasteiger partial charge in [-0.15, -0.1) is 11.3 Å². The minimum Gasteiger partial charge on any atom is -0.497 e. The van der Waals surface area contributed by atoms with Crippen LogP contribution in [0, 0.1) is 0 Å². The number of nitrogens with zero attached hydrogens (tertiary/aromatic N) is 2. The Morgan fingerprint density at radius 3 is 2.96 bits per heavy atom. The fourth-order valence-corrected chi connectivity index (χ4v) is 3.16. The molecule has 0 spiro atoms. The van der Waals surface area contributed by atoms with E-state index in [2.05, 4.69) is 10.3 Å². The van der Waals surface area contributed by atoms with Crippen LogP contribution in [0.4, 0.5) is 5.69 Å². The molecule has 3 rings (SSSR count). The second-order valence-corrected chi connectivity index (χ2v) is 6.65. The molecule has 3 aromatic rings. The maximum atomic E-state index is 12.3. The third-order valence-electron chi connectivity index (χ3n) is 3.84. The number of oxazole rings is 1. The van der Waals surface area contributed by atoms with E-state index in [1.165, 1.54) is 0 Å². The molecule has 0 saturated carbocycles. The molecular weight excluding hydrogens is 350 g/mol. The lowest BCUT2D eigenvalue weighted by Crippen LogP contribution is -2.32. The number of rotatable bonds is 8. The molecule has 1 amide bonds. The van der Waals surface area contributed by atoms with Gasteiger partial charge < -0.3 is 14.5 Å². The van der Waals surface area contributed by atoms with Crippen LogP contribution in [0.5, 0.6) is 5.75 Å². The molecule has 7 heteroatoms. The van der Waals surface area contributed by atoms with Crippen molar-refractivity contribution < 1.29 is 13.9 Å². The van der Waals surface area contributed by atoms with Crippen molar-refractivity contribution in [1.82, 2.24) is 9.88 Å². The van der Waals surface area contributed by atoms with Gasteiger partial charge in [-0.05, 0) is 30.1 Å². The zero-order valence-corrected chi connectivity index (χ0v) is 15.6. The van der Waals surface area contributed by atoms with Crippen LogP contribution in [-0.4, -0.2) is 36.0 Å². The predicted molar refractivity (Wildman–Crippen MR) is 102 cm³/mol. The largest absolute Gasteiger partial charge is 0.497 e. The highest BCUT2D eigenvalue weighted by Crippen LogP contribution is 2.24. The van der Waals surface area contributed by atoms with Crippen LogP contribution < -0.4 is 10.1 Å². The fourth-order valence-electron chi connectivity index (χ4n) is 2.51. The van der Waals surface area contributed by atoms with Crippen LogP contribution in [-0.2, 0) is 11.3 Å². The highest BCUT2D eigenvalue weighted by atomic mass is 32.1. The number of amides is 1. The summed E-state index contributed by atoms with van der Waals surface area (Å²) >= 11 is 1.58. The van der Waals surface area contributed by atoms with E-state index in [9.17, 15) is 4.79 Å². The number of anilines is 1. The molecule has 0 unspecified atom stereocenters. The lowest BCUT2D eigenvalue weighted by Gasteiger charge is -2.18. The first-order valence-corrected chi connectivity index (χ1v) is 9.20. The van der Waals surface area contributed by atoms with Crippen molar-refractivity contribution in [3.05, 3.63) is 53.7 Å². The van der Waals surface area contributed by atoms with E-state index in [0.29, 0.717) is 23.9 Å². The van der Waals surface area contributed by atoms with Crippen LogP contribution in [0.25, 0.3) is 10.8 Å².